The number of hydrogen-bond donors (Lipinski definition) is 2. The Labute approximate surface area is 407 Å². The first-order valence-corrected chi connectivity index (χ1v) is 25.9. The fraction of sp³-hybridized carbons (Fsp3) is 0.327. The van der Waals surface area contributed by atoms with Crippen molar-refractivity contribution in [2.24, 2.45) is 10.9 Å². The zero-order valence-electron chi connectivity index (χ0n) is 38.2. The second-order valence-electron chi connectivity index (χ2n) is 17.5. The molecule has 0 aliphatic carbocycles. The molecule has 360 valence electrons. The number of nitrogens with two attached hydrogens (primary N) is 1. The van der Waals surface area contributed by atoms with Crippen LogP contribution >= 0.6 is 21.6 Å². The van der Waals surface area contributed by atoms with E-state index >= 15 is 0 Å². The third kappa shape index (κ3) is 9.81. The Kier molecular flexibility index (Phi) is 13.6. The third-order valence-electron chi connectivity index (χ3n) is 12.4. The van der Waals surface area contributed by atoms with Crippen molar-refractivity contribution < 1.29 is 51.1 Å². The van der Waals surface area contributed by atoms with E-state index in [2.05, 4.69) is 9.74 Å². The van der Waals surface area contributed by atoms with E-state index < -0.39 is 26.1 Å². The second kappa shape index (κ2) is 19.6. The molecular weight excluding hydrogens is 945 g/mol. The van der Waals surface area contributed by atoms with E-state index in [1.807, 2.05) is 97.8 Å². The first kappa shape index (κ1) is 47.7. The summed E-state index contributed by atoms with van der Waals surface area (Å²) in [5, 5.41) is -1.80. The summed E-state index contributed by atoms with van der Waals surface area (Å²) in [5.41, 5.74) is 7.12. The van der Waals surface area contributed by atoms with Gasteiger partial charge < -0.3 is 33.6 Å². The minimum atomic E-state index is -4.72. The second-order valence-corrected chi connectivity index (χ2v) is 22.2. The van der Waals surface area contributed by atoms with Gasteiger partial charge in [0.2, 0.25) is 0 Å². The molecule has 0 bridgehead atoms. The topological polar surface area (TPSA) is 213 Å². The number of amides is 2. The Morgan fingerprint density at radius 3 is 2.07 bits per heavy atom. The number of nitrogens with zero attached hydrogens (tertiary/aromatic N) is 5. The molecule has 17 nitrogen and oxygen atoms in total. The van der Waals surface area contributed by atoms with Crippen molar-refractivity contribution in [3.05, 3.63) is 125 Å². The molecule has 20 heteroatoms. The van der Waals surface area contributed by atoms with Crippen LogP contribution < -0.4 is 39.5 Å². The van der Waals surface area contributed by atoms with Crippen molar-refractivity contribution in [1.29, 1.82) is 0 Å². The van der Waals surface area contributed by atoms with Crippen molar-refractivity contribution in [2.75, 3.05) is 47.8 Å². The molecule has 4 aliphatic rings. The largest absolute Gasteiger partial charge is 0.493 e. The fourth-order valence-electron chi connectivity index (χ4n) is 9.26. The van der Waals surface area contributed by atoms with Crippen LogP contribution in [0.5, 0.6) is 23.0 Å². The van der Waals surface area contributed by atoms with Gasteiger partial charge in [0, 0.05) is 59.7 Å². The molecular formula is C49H50N6O11S3. The molecule has 0 spiro atoms. The molecule has 1 unspecified atom stereocenters. The molecule has 3 N–H and O–H groups in total. The first-order chi connectivity index (χ1) is 33.2. The lowest BCUT2D eigenvalue weighted by Gasteiger charge is -2.35. The van der Waals surface area contributed by atoms with Crippen LogP contribution in [-0.4, -0.2) is 97.1 Å². The van der Waals surface area contributed by atoms with Crippen LogP contribution in [-0.2, 0) is 45.8 Å². The Hall–Kier alpha value is -6.32. The van der Waals surface area contributed by atoms with Gasteiger partial charge in [0.1, 0.15) is 13.2 Å². The average Bonchev–Trinajstić information content (AvgIpc) is 3.83. The number of aliphatic imine (C=N–C) groups is 1. The molecule has 5 heterocycles. The Morgan fingerprint density at radius 1 is 0.812 bits per heavy atom. The van der Waals surface area contributed by atoms with E-state index in [0.29, 0.717) is 82.8 Å². The molecule has 3 atom stereocenters. The van der Waals surface area contributed by atoms with Gasteiger partial charge in [0.15, 0.2) is 28.2 Å². The standard InChI is InChI=1S/C49H50N6O11S3/c1-49(2,68-67-17-16-45(48(58)66-50)69(59,60)61)28-53-25-34-19-30-11-6-8-15-39(30)55(34)47(57)36-21-42(63-4)44(23-40(36)53)65-27-32-13-9-12-31(52-32)26-64-43-22-37-35(20-41(43)62-3)46(56)54-33(24-51-37)18-29-10-5-7-14-38(29)54/h5-15,20-24,33-34,45H,16-19,25-28,50H2,1-4H3,(H,59,60,61)/t33-,34-,45?/m0/s1. The number of aromatic nitrogens is 1. The summed E-state index contributed by atoms with van der Waals surface area (Å²) in [6.45, 7) is 5.16. The maximum absolute atomic E-state index is 14.6. The molecule has 4 aliphatic heterocycles. The minimum Gasteiger partial charge on any atom is -0.493 e. The molecule has 5 aromatic rings. The van der Waals surface area contributed by atoms with Crippen LogP contribution in [0.25, 0.3) is 0 Å². The number of para-hydroxylation sites is 2. The smallest absolute Gasteiger partial charge is 0.345 e. The molecule has 4 aromatic carbocycles. The lowest BCUT2D eigenvalue weighted by atomic mass is 10.1. The highest BCUT2D eigenvalue weighted by Gasteiger charge is 2.42. The summed E-state index contributed by atoms with van der Waals surface area (Å²) < 4.78 is 57.1. The Bertz CT molecular complexity index is 2970. The van der Waals surface area contributed by atoms with Gasteiger partial charge in [-0.25, -0.2) is 4.79 Å². The van der Waals surface area contributed by atoms with Gasteiger partial charge in [-0.1, -0.05) is 64.1 Å². The Balaban J connectivity index is 0.923. The summed E-state index contributed by atoms with van der Waals surface area (Å²) >= 11 is 0. The summed E-state index contributed by atoms with van der Waals surface area (Å²) in [7, 11) is 1.16. The highest BCUT2D eigenvalue weighted by Crippen LogP contribution is 2.46. The molecule has 2 amide bonds. The number of carbonyl (C=O) groups excluding carboxylic acids is 3. The van der Waals surface area contributed by atoms with Gasteiger partial charge in [-0.3, -0.25) is 29.0 Å². The van der Waals surface area contributed by atoms with Crippen LogP contribution in [0.3, 0.4) is 0 Å². The average molecular weight is 995 g/mol. The van der Waals surface area contributed by atoms with E-state index in [9.17, 15) is 27.4 Å². The maximum atomic E-state index is 14.6. The zero-order chi connectivity index (χ0) is 48.6. The normalized spacial score (nSPS) is 17.4. The van der Waals surface area contributed by atoms with Gasteiger partial charge in [-0.05, 0) is 74.2 Å². The van der Waals surface area contributed by atoms with Gasteiger partial charge in [-0.2, -0.15) is 14.3 Å². The number of anilines is 3. The van der Waals surface area contributed by atoms with Crippen molar-refractivity contribution >= 4 is 78.5 Å². The van der Waals surface area contributed by atoms with Crippen LogP contribution in [0.15, 0.2) is 96.0 Å². The lowest BCUT2D eigenvalue weighted by Crippen LogP contribution is -2.45. The van der Waals surface area contributed by atoms with E-state index in [0.717, 1.165) is 22.5 Å². The van der Waals surface area contributed by atoms with Crippen molar-refractivity contribution in [2.45, 2.75) is 68.4 Å². The van der Waals surface area contributed by atoms with E-state index in [4.69, 9.17) is 34.8 Å². The summed E-state index contributed by atoms with van der Waals surface area (Å²) in [4.78, 5) is 60.0. The molecule has 69 heavy (non-hydrogen) atoms. The van der Waals surface area contributed by atoms with Crippen molar-refractivity contribution in [1.82, 2.24) is 4.98 Å². The first-order valence-electron chi connectivity index (χ1n) is 22.1. The van der Waals surface area contributed by atoms with Gasteiger partial charge in [0.05, 0.1) is 60.2 Å². The van der Waals surface area contributed by atoms with E-state index in [1.54, 1.807) is 23.1 Å². The Morgan fingerprint density at radius 2 is 1.42 bits per heavy atom. The summed E-state index contributed by atoms with van der Waals surface area (Å²) in [6.07, 6.45) is 2.95. The SMILES string of the molecule is COc1cc2c(cc1OCc1cccc(COc3cc4c(cc3OC)C(=O)N3c5ccccc5C[C@H]3CN4CC(C)(C)SSCCC(C(=O)ON)S(=O)(=O)O)n1)N=C[C@@H]1Cc3ccccc3N1C2=O. The number of hydrogen-bond acceptors (Lipinski definition) is 16. The number of carbonyl (C=O) groups is 3. The van der Waals surface area contributed by atoms with Crippen molar-refractivity contribution in [3.8, 4) is 23.0 Å². The van der Waals surface area contributed by atoms with Crippen LogP contribution in [0.4, 0.5) is 22.7 Å². The number of fused-ring (bicyclic) bond motifs is 8. The molecule has 0 saturated carbocycles. The molecule has 9 rings (SSSR count). The number of methoxy groups -OCH3 is 2. The molecule has 1 aromatic heterocycles. The third-order valence-corrected chi connectivity index (χ3v) is 16.8. The summed E-state index contributed by atoms with van der Waals surface area (Å²) in [6, 6.07) is 27.9. The summed E-state index contributed by atoms with van der Waals surface area (Å²) in [5.74, 6) is 5.12. The highest BCUT2D eigenvalue weighted by atomic mass is 33.1. The number of benzene rings is 4. The van der Waals surface area contributed by atoms with Crippen LogP contribution in [0, 0.1) is 0 Å². The van der Waals surface area contributed by atoms with Gasteiger partial charge >= 0.3 is 5.97 Å². The quantitative estimate of drug-likeness (QED) is 0.0409. The van der Waals surface area contributed by atoms with Gasteiger partial charge in [0.25, 0.3) is 21.9 Å². The monoisotopic (exact) mass is 994 g/mol. The fourth-order valence-corrected chi connectivity index (χ4v) is 12.7. The number of pyridine rings is 1. The predicted octanol–water partition coefficient (Wildman–Crippen LogP) is 7.16. The van der Waals surface area contributed by atoms with E-state index in [-0.39, 0.29) is 49.3 Å². The predicted molar refractivity (Wildman–Crippen MR) is 265 cm³/mol. The minimum absolute atomic E-state index is 0.0546. The molecule has 0 saturated heterocycles. The number of ether oxygens (including phenoxy) is 4. The maximum Gasteiger partial charge on any atom is 0.345 e. The molecule has 0 fully saturated rings. The van der Waals surface area contributed by atoms with Crippen LogP contribution in [0.2, 0.25) is 0 Å². The van der Waals surface area contributed by atoms with Gasteiger partial charge in [-0.15, -0.1) is 0 Å². The molecule has 0 radical (unpaired) electrons. The van der Waals surface area contributed by atoms with Crippen LogP contribution in [0.1, 0.15) is 63.5 Å². The zero-order valence-corrected chi connectivity index (χ0v) is 40.6. The lowest BCUT2D eigenvalue weighted by molar-refractivity contribution is -0.143. The van der Waals surface area contributed by atoms with E-state index in [1.165, 1.54) is 35.8 Å². The van der Waals surface area contributed by atoms with Crippen molar-refractivity contribution in [3.63, 3.8) is 0 Å². The highest BCUT2D eigenvalue weighted by molar-refractivity contribution is 8.77. The number of rotatable bonds is 17.